The highest BCUT2D eigenvalue weighted by Crippen LogP contribution is 2.29. The fourth-order valence-electron chi connectivity index (χ4n) is 2.75. The highest BCUT2D eigenvalue weighted by atomic mass is 16.1. The Hall–Kier alpha value is -3.12. The molecule has 0 saturated carbocycles. The first-order chi connectivity index (χ1) is 12.8. The molecule has 1 amide bonds. The van der Waals surface area contributed by atoms with Gasteiger partial charge in [0, 0.05) is 18.0 Å². The molecule has 3 rings (SSSR count). The number of hydrogen-bond acceptors (Lipinski definition) is 4. The summed E-state index contributed by atoms with van der Waals surface area (Å²) >= 11 is 0. The van der Waals surface area contributed by atoms with Gasteiger partial charge in [0.25, 0.3) is 5.91 Å². The standard InChI is InChI=1S/C21H25N5O/c1-21(2,3)18-12-19(24-17-7-5-4-6-16(17)20(23)27)26(25-18)15-10-8-14(13-22)9-11-15/h4-12,24H,13,22H2,1-3H3,(H2,23,27). The van der Waals surface area contributed by atoms with Gasteiger partial charge in [0.2, 0.25) is 0 Å². The van der Waals surface area contributed by atoms with Crippen molar-refractivity contribution in [2.45, 2.75) is 32.7 Å². The van der Waals surface area contributed by atoms with Gasteiger partial charge in [-0.25, -0.2) is 4.68 Å². The smallest absolute Gasteiger partial charge is 0.250 e. The lowest BCUT2D eigenvalue weighted by Crippen LogP contribution is -2.14. The van der Waals surface area contributed by atoms with Crippen LogP contribution >= 0.6 is 0 Å². The molecule has 27 heavy (non-hydrogen) atoms. The molecule has 5 N–H and O–H groups in total. The Morgan fingerprint density at radius 3 is 2.37 bits per heavy atom. The highest BCUT2D eigenvalue weighted by molar-refractivity contribution is 5.99. The van der Waals surface area contributed by atoms with E-state index in [2.05, 4.69) is 26.1 Å². The zero-order valence-electron chi connectivity index (χ0n) is 15.9. The second kappa shape index (κ2) is 7.25. The van der Waals surface area contributed by atoms with Crippen molar-refractivity contribution in [3.05, 3.63) is 71.4 Å². The van der Waals surface area contributed by atoms with E-state index >= 15 is 0 Å². The second-order valence-electron chi connectivity index (χ2n) is 7.48. The van der Waals surface area contributed by atoms with E-state index in [1.54, 1.807) is 12.1 Å². The topological polar surface area (TPSA) is 99.0 Å². The number of primary amides is 1. The van der Waals surface area contributed by atoms with Gasteiger partial charge in [0.1, 0.15) is 5.82 Å². The molecule has 0 aliphatic carbocycles. The van der Waals surface area contributed by atoms with Crippen LogP contribution in [0.4, 0.5) is 11.5 Å². The van der Waals surface area contributed by atoms with Gasteiger partial charge in [-0.15, -0.1) is 0 Å². The molecule has 0 bridgehead atoms. The Morgan fingerprint density at radius 1 is 1.11 bits per heavy atom. The summed E-state index contributed by atoms with van der Waals surface area (Å²) < 4.78 is 1.83. The Labute approximate surface area is 159 Å². The largest absolute Gasteiger partial charge is 0.366 e. The summed E-state index contributed by atoms with van der Waals surface area (Å²) in [6.07, 6.45) is 0. The predicted octanol–water partition coefficient (Wildman–Crippen LogP) is 3.47. The lowest BCUT2D eigenvalue weighted by molar-refractivity contribution is 0.100. The number of para-hydroxylation sites is 1. The summed E-state index contributed by atoms with van der Waals surface area (Å²) in [4.78, 5) is 11.7. The minimum Gasteiger partial charge on any atom is -0.366 e. The van der Waals surface area contributed by atoms with Crippen molar-refractivity contribution in [3.63, 3.8) is 0 Å². The van der Waals surface area contributed by atoms with Gasteiger partial charge in [-0.2, -0.15) is 5.10 Å². The summed E-state index contributed by atoms with van der Waals surface area (Å²) in [5.74, 6) is 0.279. The number of carbonyl (C=O) groups excluding carboxylic acids is 1. The minimum atomic E-state index is -0.479. The molecule has 0 radical (unpaired) electrons. The number of rotatable bonds is 5. The molecule has 0 spiro atoms. The maximum Gasteiger partial charge on any atom is 0.250 e. The van der Waals surface area contributed by atoms with Gasteiger partial charge in [-0.3, -0.25) is 4.79 Å². The number of carbonyl (C=O) groups is 1. The number of nitrogens with two attached hydrogens (primary N) is 2. The highest BCUT2D eigenvalue weighted by Gasteiger charge is 2.21. The third kappa shape index (κ3) is 4.01. The number of amides is 1. The third-order valence-electron chi connectivity index (χ3n) is 4.35. The first-order valence-electron chi connectivity index (χ1n) is 8.85. The van der Waals surface area contributed by atoms with Crippen LogP contribution in [0, 0.1) is 0 Å². The number of anilines is 2. The minimum absolute atomic E-state index is 0.123. The van der Waals surface area contributed by atoms with Crippen LogP contribution in [0.15, 0.2) is 54.6 Å². The summed E-state index contributed by atoms with van der Waals surface area (Å²) in [6.45, 7) is 6.82. The molecule has 0 fully saturated rings. The molecule has 3 aromatic rings. The molecule has 0 aliphatic heterocycles. The van der Waals surface area contributed by atoms with E-state index in [9.17, 15) is 4.79 Å². The average Bonchev–Trinajstić information content (AvgIpc) is 3.06. The van der Waals surface area contributed by atoms with Crippen LogP contribution in [0.3, 0.4) is 0 Å². The van der Waals surface area contributed by atoms with E-state index in [4.69, 9.17) is 16.6 Å². The molecule has 0 atom stereocenters. The van der Waals surface area contributed by atoms with Crippen LogP contribution < -0.4 is 16.8 Å². The average molecular weight is 363 g/mol. The van der Waals surface area contributed by atoms with E-state index < -0.39 is 5.91 Å². The van der Waals surface area contributed by atoms with E-state index in [1.165, 1.54) is 0 Å². The van der Waals surface area contributed by atoms with E-state index in [-0.39, 0.29) is 5.41 Å². The van der Waals surface area contributed by atoms with Gasteiger partial charge >= 0.3 is 0 Å². The molecule has 2 aromatic carbocycles. The normalized spacial score (nSPS) is 11.4. The molecular weight excluding hydrogens is 338 g/mol. The zero-order chi connectivity index (χ0) is 19.6. The molecule has 6 nitrogen and oxygen atoms in total. The lowest BCUT2D eigenvalue weighted by Gasteiger charge is -2.14. The van der Waals surface area contributed by atoms with Crippen molar-refractivity contribution in [2.24, 2.45) is 11.5 Å². The van der Waals surface area contributed by atoms with E-state index in [1.807, 2.05) is 47.1 Å². The van der Waals surface area contributed by atoms with E-state index in [0.29, 0.717) is 17.8 Å². The summed E-state index contributed by atoms with van der Waals surface area (Å²) in [5, 5.41) is 8.10. The Balaban J connectivity index is 2.08. The Morgan fingerprint density at radius 2 is 1.78 bits per heavy atom. The molecule has 0 saturated heterocycles. The fourth-order valence-corrected chi connectivity index (χ4v) is 2.75. The summed E-state index contributed by atoms with van der Waals surface area (Å²) in [7, 11) is 0. The maximum atomic E-state index is 11.7. The van der Waals surface area contributed by atoms with Gasteiger partial charge in [-0.05, 0) is 29.8 Å². The molecule has 1 aromatic heterocycles. The van der Waals surface area contributed by atoms with Crippen LogP contribution in [-0.2, 0) is 12.0 Å². The third-order valence-corrected chi connectivity index (χ3v) is 4.35. The quantitative estimate of drug-likeness (QED) is 0.646. The van der Waals surface area contributed by atoms with E-state index in [0.717, 1.165) is 22.8 Å². The molecule has 140 valence electrons. The SMILES string of the molecule is CC(C)(C)c1cc(Nc2ccccc2C(N)=O)n(-c2ccc(CN)cc2)n1. The number of benzene rings is 2. The first kappa shape index (κ1) is 18.7. The fraction of sp³-hybridized carbons (Fsp3) is 0.238. The molecule has 0 unspecified atom stereocenters. The maximum absolute atomic E-state index is 11.7. The van der Waals surface area contributed by atoms with Crippen LogP contribution in [0.2, 0.25) is 0 Å². The van der Waals surface area contributed by atoms with Gasteiger partial charge in [-0.1, -0.05) is 45.0 Å². The van der Waals surface area contributed by atoms with Gasteiger partial charge in [0.05, 0.1) is 22.6 Å². The van der Waals surface area contributed by atoms with Crippen LogP contribution in [0.1, 0.15) is 42.4 Å². The summed E-state index contributed by atoms with van der Waals surface area (Å²) in [5.41, 5.74) is 15.1. The van der Waals surface area contributed by atoms with Crippen molar-refractivity contribution in [2.75, 3.05) is 5.32 Å². The number of aromatic nitrogens is 2. The first-order valence-corrected chi connectivity index (χ1v) is 8.85. The van der Waals surface area contributed by atoms with Crippen LogP contribution in [0.5, 0.6) is 0 Å². The lowest BCUT2D eigenvalue weighted by atomic mass is 9.92. The Kier molecular flexibility index (Phi) is 5.01. The van der Waals surface area contributed by atoms with Crippen molar-refractivity contribution in [1.29, 1.82) is 0 Å². The summed E-state index contributed by atoms with van der Waals surface area (Å²) in [6, 6.07) is 17.1. The van der Waals surface area contributed by atoms with Crippen molar-refractivity contribution >= 4 is 17.4 Å². The second-order valence-corrected chi connectivity index (χ2v) is 7.48. The van der Waals surface area contributed by atoms with Crippen molar-refractivity contribution < 1.29 is 4.79 Å². The predicted molar refractivity (Wildman–Crippen MR) is 108 cm³/mol. The van der Waals surface area contributed by atoms with Crippen molar-refractivity contribution in [3.8, 4) is 5.69 Å². The van der Waals surface area contributed by atoms with Crippen LogP contribution in [-0.4, -0.2) is 15.7 Å². The van der Waals surface area contributed by atoms with Gasteiger partial charge < -0.3 is 16.8 Å². The molecule has 1 heterocycles. The van der Waals surface area contributed by atoms with Gasteiger partial charge in [0.15, 0.2) is 0 Å². The zero-order valence-corrected chi connectivity index (χ0v) is 15.9. The van der Waals surface area contributed by atoms with Crippen LogP contribution in [0.25, 0.3) is 5.69 Å². The molecular formula is C21H25N5O. The molecule has 6 heteroatoms. The Bertz CT molecular complexity index is 951. The molecule has 0 aliphatic rings. The monoisotopic (exact) mass is 363 g/mol. The number of nitrogens with zero attached hydrogens (tertiary/aromatic N) is 2. The number of nitrogens with one attached hydrogen (secondary N) is 1. The van der Waals surface area contributed by atoms with Crippen molar-refractivity contribution in [1.82, 2.24) is 9.78 Å². The number of hydrogen-bond donors (Lipinski definition) is 3.